The number of rotatable bonds is 7. The molecule has 10 nitrogen and oxygen atoms in total. The number of nitro groups is 1. The highest BCUT2D eigenvalue weighted by molar-refractivity contribution is 7.89. The fraction of sp³-hybridized carbons (Fsp3) is 0.316. The highest BCUT2D eigenvalue weighted by Crippen LogP contribution is 2.29. The van der Waals surface area contributed by atoms with Gasteiger partial charge >= 0.3 is 0 Å². The van der Waals surface area contributed by atoms with Gasteiger partial charge in [-0.25, -0.2) is 8.42 Å². The van der Waals surface area contributed by atoms with Crippen LogP contribution in [0.2, 0.25) is 0 Å². The average molecular weight is 433 g/mol. The number of non-ortho nitro benzene ring substituents is 1. The number of nitro benzene ring substituents is 1. The average Bonchev–Trinajstić information content (AvgIpc) is 2.74. The van der Waals surface area contributed by atoms with Crippen LogP contribution in [0.3, 0.4) is 0 Å². The molecule has 1 N–H and O–H groups in total. The van der Waals surface area contributed by atoms with Gasteiger partial charge in [0.25, 0.3) is 5.69 Å². The number of nitrogens with zero attached hydrogens (tertiary/aromatic N) is 4. The summed E-state index contributed by atoms with van der Waals surface area (Å²) < 4.78 is 32.8. The first-order valence-corrected chi connectivity index (χ1v) is 10.7. The first-order chi connectivity index (χ1) is 14.3. The van der Waals surface area contributed by atoms with Gasteiger partial charge in [0, 0.05) is 38.3 Å². The summed E-state index contributed by atoms with van der Waals surface area (Å²) in [5.74, 6) is 0.705. The molecule has 1 fully saturated rings. The Morgan fingerprint density at radius 1 is 1.13 bits per heavy atom. The fourth-order valence-electron chi connectivity index (χ4n) is 2.96. The lowest BCUT2D eigenvalue weighted by Crippen LogP contribution is -2.47. The van der Waals surface area contributed by atoms with E-state index in [-0.39, 0.29) is 16.3 Å². The van der Waals surface area contributed by atoms with Gasteiger partial charge in [-0.3, -0.25) is 15.5 Å². The van der Waals surface area contributed by atoms with Crippen LogP contribution in [0.25, 0.3) is 0 Å². The summed E-state index contributed by atoms with van der Waals surface area (Å²) in [5.41, 5.74) is 3.35. The summed E-state index contributed by atoms with van der Waals surface area (Å²) in [4.78, 5) is 12.4. The Hall–Kier alpha value is -3.02. The first kappa shape index (κ1) is 21.7. The zero-order valence-corrected chi connectivity index (χ0v) is 17.5. The maximum atomic E-state index is 13.2. The van der Waals surface area contributed by atoms with E-state index in [0.717, 1.165) is 11.6 Å². The molecule has 0 spiro atoms. The number of anilines is 1. The standard InChI is InChI=1S/C19H23N5O5S/c1-22-9-11-23(12-10-22)30(27,28)19-13-16(24(25)26)5-8-18(19)21-20-14-15-3-6-17(29-2)7-4-15/h3-8,13-14,21H,9-12H2,1-2H3/b20-14-. The maximum absolute atomic E-state index is 13.2. The Bertz CT molecular complexity index is 1030. The summed E-state index contributed by atoms with van der Waals surface area (Å²) in [5, 5.41) is 15.3. The van der Waals surface area contributed by atoms with Crippen molar-refractivity contribution in [1.82, 2.24) is 9.21 Å². The maximum Gasteiger partial charge on any atom is 0.270 e. The van der Waals surface area contributed by atoms with Crippen molar-refractivity contribution in [3.8, 4) is 5.75 Å². The number of sulfonamides is 1. The molecule has 2 aromatic rings. The topological polar surface area (TPSA) is 117 Å². The number of piperazine rings is 1. The van der Waals surface area contributed by atoms with Crippen molar-refractivity contribution in [2.24, 2.45) is 5.10 Å². The fourth-order valence-corrected chi connectivity index (χ4v) is 4.55. The third kappa shape index (κ3) is 4.93. The number of ether oxygens (including phenoxy) is 1. The molecule has 1 aliphatic heterocycles. The van der Waals surface area contributed by atoms with Crippen LogP contribution in [0.4, 0.5) is 11.4 Å². The van der Waals surface area contributed by atoms with E-state index < -0.39 is 14.9 Å². The van der Waals surface area contributed by atoms with Gasteiger partial charge in [0.05, 0.1) is 23.9 Å². The van der Waals surface area contributed by atoms with Crippen LogP contribution in [-0.2, 0) is 10.0 Å². The monoisotopic (exact) mass is 433 g/mol. The van der Waals surface area contributed by atoms with Crippen molar-refractivity contribution in [2.45, 2.75) is 4.90 Å². The molecule has 160 valence electrons. The van der Waals surface area contributed by atoms with E-state index in [1.807, 2.05) is 11.9 Å². The number of methoxy groups -OCH3 is 1. The van der Waals surface area contributed by atoms with Gasteiger partial charge in [-0.15, -0.1) is 0 Å². The van der Waals surface area contributed by atoms with Gasteiger partial charge < -0.3 is 9.64 Å². The van der Waals surface area contributed by atoms with E-state index in [1.165, 1.54) is 22.7 Å². The summed E-state index contributed by atoms with van der Waals surface area (Å²) in [6.45, 7) is 1.81. The Balaban J connectivity index is 1.88. The second-order valence-corrected chi connectivity index (χ2v) is 8.69. The minimum Gasteiger partial charge on any atom is -0.497 e. The lowest BCUT2D eigenvalue weighted by atomic mass is 10.2. The highest BCUT2D eigenvalue weighted by atomic mass is 32.2. The van der Waals surface area contributed by atoms with Crippen LogP contribution in [0.1, 0.15) is 5.56 Å². The third-order valence-electron chi connectivity index (χ3n) is 4.77. The van der Waals surface area contributed by atoms with E-state index in [2.05, 4.69) is 10.5 Å². The van der Waals surface area contributed by atoms with Crippen molar-refractivity contribution in [3.05, 3.63) is 58.1 Å². The van der Waals surface area contributed by atoms with Crippen LogP contribution in [-0.4, -0.2) is 69.1 Å². The smallest absolute Gasteiger partial charge is 0.270 e. The van der Waals surface area contributed by atoms with Crippen molar-refractivity contribution < 1.29 is 18.1 Å². The van der Waals surface area contributed by atoms with Crippen molar-refractivity contribution in [3.63, 3.8) is 0 Å². The van der Waals surface area contributed by atoms with Gasteiger partial charge in [0.2, 0.25) is 10.0 Å². The molecule has 1 aliphatic rings. The summed E-state index contributed by atoms with van der Waals surface area (Å²) in [6, 6.07) is 10.8. The van der Waals surface area contributed by atoms with E-state index in [0.29, 0.717) is 31.9 Å². The molecule has 0 atom stereocenters. The predicted octanol–water partition coefficient (Wildman–Crippen LogP) is 1.99. The van der Waals surface area contributed by atoms with Gasteiger partial charge in [-0.2, -0.15) is 9.41 Å². The van der Waals surface area contributed by atoms with Crippen LogP contribution in [0.15, 0.2) is 52.5 Å². The van der Waals surface area contributed by atoms with E-state index in [4.69, 9.17) is 4.74 Å². The van der Waals surface area contributed by atoms with Gasteiger partial charge in [0.15, 0.2) is 0 Å². The Morgan fingerprint density at radius 2 is 1.80 bits per heavy atom. The van der Waals surface area contributed by atoms with Crippen LogP contribution in [0, 0.1) is 10.1 Å². The summed E-state index contributed by atoms with van der Waals surface area (Å²) in [7, 11) is -0.441. The summed E-state index contributed by atoms with van der Waals surface area (Å²) in [6.07, 6.45) is 1.52. The zero-order chi connectivity index (χ0) is 21.7. The molecule has 0 bridgehead atoms. The molecule has 0 aliphatic carbocycles. The van der Waals surface area contributed by atoms with Gasteiger partial charge in [-0.1, -0.05) is 0 Å². The van der Waals surface area contributed by atoms with Crippen LogP contribution < -0.4 is 10.2 Å². The number of hydrazone groups is 1. The Kier molecular flexibility index (Phi) is 6.65. The molecule has 0 aromatic heterocycles. The SMILES string of the molecule is COc1ccc(/C=N\Nc2ccc([N+](=O)[O-])cc2S(=O)(=O)N2CCN(C)CC2)cc1. The van der Waals surface area contributed by atoms with E-state index >= 15 is 0 Å². The largest absolute Gasteiger partial charge is 0.497 e. The first-order valence-electron chi connectivity index (χ1n) is 9.21. The number of hydrogen-bond acceptors (Lipinski definition) is 8. The molecule has 11 heteroatoms. The van der Waals surface area contributed by atoms with E-state index in [1.54, 1.807) is 31.4 Å². The molecule has 0 amide bonds. The molecular formula is C19H23N5O5S. The summed E-state index contributed by atoms with van der Waals surface area (Å²) >= 11 is 0. The van der Waals surface area contributed by atoms with E-state index in [9.17, 15) is 18.5 Å². The van der Waals surface area contributed by atoms with Crippen LogP contribution >= 0.6 is 0 Å². The number of benzene rings is 2. The molecule has 0 radical (unpaired) electrons. The predicted molar refractivity (Wildman–Crippen MR) is 114 cm³/mol. The number of nitrogens with one attached hydrogen (secondary N) is 1. The quantitative estimate of drug-likeness (QED) is 0.403. The third-order valence-corrected chi connectivity index (χ3v) is 6.71. The zero-order valence-electron chi connectivity index (χ0n) is 16.7. The molecule has 0 saturated carbocycles. The Labute approximate surface area is 174 Å². The minimum absolute atomic E-state index is 0.171. The molecule has 0 unspecified atom stereocenters. The number of likely N-dealkylation sites (N-methyl/N-ethyl adjacent to an activating group) is 1. The molecule has 2 aromatic carbocycles. The molecule has 1 heterocycles. The molecule has 30 heavy (non-hydrogen) atoms. The normalized spacial score (nSPS) is 15.9. The van der Waals surface area contributed by atoms with Gasteiger partial charge in [0.1, 0.15) is 10.6 Å². The molecular weight excluding hydrogens is 410 g/mol. The molecule has 3 rings (SSSR count). The highest BCUT2D eigenvalue weighted by Gasteiger charge is 2.31. The minimum atomic E-state index is -3.93. The lowest BCUT2D eigenvalue weighted by molar-refractivity contribution is -0.385. The second kappa shape index (κ2) is 9.20. The van der Waals surface area contributed by atoms with Crippen LogP contribution in [0.5, 0.6) is 5.75 Å². The Morgan fingerprint density at radius 3 is 2.40 bits per heavy atom. The van der Waals surface area contributed by atoms with Gasteiger partial charge in [-0.05, 0) is 42.9 Å². The van der Waals surface area contributed by atoms with Crippen molar-refractivity contribution in [2.75, 3.05) is 45.8 Å². The van der Waals surface area contributed by atoms with Crippen molar-refractivity contribution >= 4 is 27.6 Å². The van der Waals surface area contributed by atoms with Crippen molar-refractivity contribution in [1.29, 1.82) is 0 Å². The molecule has 1 saturated heterocycles. The second-order valence-electron chi connectivity index (χ2n) is 6.79. The number of hydrogen-bond donors (Lipinski definition) is 1. The lowest BCUT2D eigenvalue weighted by Gasteiger charge is -2.31.